The summed E-state index contributed by atoms with van der Waals surface area (Å²) < 4.78 is 0. The Bertz CT molecular complexity index is 425. The van der Waals surface area contributed by atoms with Crippen molar-refractivity contribution in [2.45, 2.75) is 45.6 Å². The van der Waals surface area contributed by atoms with Crippen molar-refractivity contribution in [3.63, 3.8) is 0 Å². The summed E-state index contributed by atoms with van der Waals surface area (Å²) in [4.78, 5) is 14.4. The van der Waals surface area contributed by atoms with Crippen LogP contribution in [0.15, 0.2) is 24.3 Å². The second-order valence-corrected chi connectivity index (χ2v) is 5.78. The van der Waals surface area contributed by atoms with Gasteiger partial charge in [0.1, 0.15) is 0 Å². The van der Waals surface area contributed by atoms with Crippen molar-refractivity contribution in [1.29, 1.82) is 0 Å². The maximum Gasteiger partial charge on any atom is 0.223 e. The number of amides is 1. The first kappa shape index (κ1) is 13.9. The van der Waals surface area contributed by atoms with Gasteiger partial charge in [0, 0.05) is 24.7 Å². The van der Waals surface area contributed by atoms with E-state index < -0.39 is 0 Å². The van der Waals surface area contributed by atoms with Crippen LogP contribution in [0.5, 0.6) is 0 Å². The van der Waals surface area contributed by atoms with Gasteiger partial charge in [-0.25, -0.2) is 0 Å². The Kier molecular flexibility index (Phi) is 4.46. The molecule has 3 heteroatoms. The molecule has 1 heterocycles. The van der Waals surface area contributed by atoms with E-state index in [1.165, 1.54) is 5.56 Å². The van der Waals surface area contributed by atoms with Crippen molar-refractivity contribution >= 4 is 11.6 Å². The molecular formula is C16H24N2O. The Morgan fingerprint density at radius 3 is 2.68 bits per heavy atom. The van der Waals surface area contributed by atoms with Gasteiger partial charge in [-0.05, 0) is 42.9 Å². The normalized spacial score (nSPS) is 19.1. The first-order valence-corrected chi connectivity index (χ1v) is 7.22. The lowest BCUT2D eigenvalue weighted by Crippen LogP contribution is -2.38. The highest BCUT2D eigenvalue weighted by Gasteiger charge is 2.30. The summed E-state index contributed by atoms with van der Waals surface area (Å²) in [5, 5.41) is 0. The summed E-state index contributed by atoms with van der Waals surface area (Å²) in [5.41, 5.74) is 7.61. The number of anilines is 1. The molecule has 1 saturated heterocycles. The lowest BCUT2D eigenvalue weighted by atomic mass is 10.0. The molecule has 2 rings (SSSR count). The summed E-state index contributed by atoms with van der Waals surface area (Å²) in [6.45, 7) is 5.34. The van der Waals surface area contributed by atoms with Crippen molar-refractivity contribution in [1.82, 2.24) is 4.90 Å². The van der Waals surface area contributed by atoms with Crippen molar-refractivity contribution in [2.75, 3.05) is 12.3 Å². The third kappa shape index (κ3) is 3.49. The molecule has 2 N–H and O–H groups in total. The maximum absolute atomic E-state index is 12.3. The molecule has 1 fully saturated rings. The second kappa shape index (κ2) is 6.09. The topological polar surface area (TPSA) is 46.3 Å². The lowest BCUT2D eigenvalue weighted by Gasteiger charge is -2.27. The molecule has 0 bridgehead atoms. The van der Waals surface area contributed by atoms with E-state index in [2.05, 4.69) is 18.7 Å². The van der Waals surface area contributed by atoms with Crippen LogP contribution in [0.25, 0.3) is 0 Å². The zero-order valence-corrected chi connectivity index (χ0v) is 11.9. The molecule has 1 aliphatic rings. The Hall–Kier alpha value is -1.51. The fourth-order valence-corrected chi connectivity index (χ4v) is 2.87. The Morgan fingerprint density at radius 2 is 2.05 bits per heavy atom. The predicted molar refractivity (Wildman–Crippen MR) is 78.7 cm³/mol. The van der Waals surface area contributed by atoms with Gasteiger partial charge >= 0.3 is 0 Å². The molecule has 1 aliphatic heterocycles. The summed E-state index contributed by atoms with van der Waals surface area (Å²) in [6, 6.07) is 8.25. The van der Waals surface area contributed by atoms with Gasteiger partial charge in [-0.1, -0.05) is 26.0 Å². The SMILES string of the molecule is CC(C)C1CCCN1C(=O)CCc1ccc(N)cc1. The average molecular weight is 260 g/mol. The third-order valence-electron chi connectivity index (χ3n) is 4.00. The van der Waals surface area contributed by atoms with E-state index >= 15 is 0 Å². The van der Waals surface area contributed by atoms with E-state index in [0.29, 0.717) is 24.3 Å². The molecule has 0 radical (unpaired) electrons. The van der Waals surface area contributed by atoms with Crippen LogP contribution < -0.4 is 5.73 Å². The van der Waals surface area contributed by atoms with E-state index in [4.69, 9.17) is 5.73 Å². The van der Waals surface area contributed by atoms with Gasteiger partial charge in [0.05, 0.1) is 0 Å². The average Bonchev–Trinajstić information content (AvgIpc) is 2.87. The summed E-state index contributed by atoms with van der Waals surface area (Å²) >= 11 is 0. The Balaban J connectivity index is 1.89. The minimum Gasteiger partial charge on any atom is -0.399 e. The van der Waals surface area contributed by atoms with Gasteiger partial charge in [0.25, 0.3) is 0 Å². The molecule has 19 heavy (non-hydrogen) atoms. The van der Waals surface area contributed by atoms with Crippen molar-refractivity contribution in [2.24, 2.45) is 5.92 Å². The summed E-state index contributed by atoms with van der Waals surface area (Å²) in [5.74, 6) is 0.857. The fraction of sp³-hybridized carbons (Fsp3) is 0.562. The van der Waals surface area contributed by atoms with Crippen LogP contribution in [0, 0.1) is 5.92 Å². The number of nitrogens with zero attached hydrogens (tertiary/aromatic N) is 1. The Morgan fingerprint density at radius 1 is 1.37 bits per heavy atom. The molecule has 0 saturated carbocycles. The number of carbonyl (C=O) groups excluding carboxylic acids is 1. The zero-order chi connectivity index (χ0) is 13.8. The number of likely N-dealkylation sites (tertiary alicyclic amines) is 1. The fourth-order valence-electron chi connectivity index (χ4n) is 2.87. The predicted octanol–water partition coefficient (Wildman–Crippen LogP) is 2.85. The molecule has 0 aromatic heterocycles. The highest BCUT2D eigenvalue weighted by molar-refractivity contribution is 5.77. The number of hydrogen-bond acceptors (Lipinski definition) is 2. The zero-order valence-electron chi connectivity index (χ0n) is 11.9. The van der Waals surface area contributed by atoms with Crippen molar-refractivity contribution in [3.8, 4) is 0 Å². The van der Waals surface area contributed by atoms with Crippen molar-refractivity contribution in [3.05, 3.63) is 29.8 Å². The minimum absolute atomic E-state index is 0.299. The monoisotopic (exact) mass is 260 g/mol. The number of carbonyl (C=O) groups is 1. The van der Waals surface area contributed by atoms with E-state index in [0.717, 1.165) is 31.5 Å². The van der Waals surface area contributed by atoms with Crippen LogP contribution in [0.4, 0.5) is 5.69 Å². The van der Waals surface area contributed by atoms with Gasteiger partial charge in [-0.15, -0.1) is 0 Å². The maximum atomic E-state index is 12.3. The first-order chi connectivity index (χ1) is 9.08. The van der Waals surface area contributed by atoms with Gasteiger partial charge < -0.3 is 10.6 Å². The molecule has 1 aromatic rings. The van der Waals surface area contributed by atoms with E-state index in [-0.39, 0.29) is 0 Å². The molecule has 0 aliphatic carbocycles. The number of hydrogen-bond donors (Lipinski definition) is 1. The number of nitrogens with two attached hydrogens (primary N) is 1. The lowest BCUT2D eigenvalue weighted by molar-refractivity contribution is -0.132. The van der Waals surface area contributed by atoms with Gasteiger partial charge in [0.15, 0.2) is 0 Å². The van der Waals surface area contributed by atoms with Gasteiger partial charge in [-0.2, -0.15) is 0 Å². The molecule has 1 atom stereocenters. The molecule has 1 aromatic carbocycles. The molecule has 1 amide bonds. The highest BCUT2D eigenvalue weighted by atomic mass is 16.2. The molecule has 1 unspecified atom stereocenters. The second-order valence-electron chi connectivity index (χ2n) is 5.78. The van der Waals surface area contributed by atoms with Crippen molar-refractivity contribution < 1.29 is 4.79 Å². The third-order valence-corrected chi connectivity index (χ3v) is 4.00. The van der Waals surface area contributed by atoms with Gasteiger partial charge in [-0.3, -0.25) is 4.79 Å². The number of benzene rings is 1. The smallest absolute Gasteiger partial charge is 0.223 e. The van der Waals surface area contributed by atoms with Crippen LogP contribution in [0.1, 0.15) is 38.7 Å². The van der Waals surface area contributed by atoms with Gasteiger partial charge in [0.2, 0.25) is 5.91 Å². The summed E-state index contributed by atoms with van der Waals surface area (Å²) in [6.07, 6.45) is 3.72. The Labute approximate surface area is 115 Å². The number of nitrogen functional groups attached to an aromatic ring is 1. The highest BCUT2D eigenvalue weighted by Crippen LogP contribution is 2.24. The molecule has 0 spiro atoms. The quantitative estimate of drug-likeness (QED) is 0.846. The van der Waals surface area contributed by atoms with E-state index in [1.54, 1.807) is 0 Å². The molecular weight excluding hydrogens is 236 g/mol. The van der Waals surface area contributed by atoms with Crippen LogP contribution in [-0.2, 0) is 11.2 Å². The van der Waals surface area contributed by atoms with E-state index in [1.807, 2.05) is 24.3 Å². The first-order valence-electron chi connectivity index (χ1n) is 7.22. The minimum atomic E-state index is 0.299. The van der Waals surface area contributed by atoms with Crippen LogP contribution in [0.2, 0.25) is 0 Å². The largest absolute Gasteiger partial charge is 0.399 e. The number of rotatable bonds is 4. The van der Waals surface area contributed by atoms with Crippen LogP contribution in [-0.4, -0.2) is 23.4 Å². The van der Waals surface area contributed by atoms with Crippen LogP contribution >= 0.6 is 0 Å². The molecule has 3 nitrogen and oxygen atoms in total. The van der Waals surface area contributed by atoms with E-state index in [9.17, 15) is 4.79 Å². The number of aryl methyl sites for hydroxylation is 1. The standard InChI is InChI=1S/C16H24N2O/c1-12(2)15-4-3-11-18(15)16(19)10-7-13-5-8-14(17)9-6-13/h5-6,8-9,12,15H,3-4,7,10-11,17H2,1-2H3. The van der Waals surface area contributed by atoms with Crippen LogP contribution in [0.3, 0.4) is 0 Å². The summed E-state index contributed by atoms with van der Waals surface area (Å²) in [7, 11) is 0. The molecule has 104 valence electrons.